The van der Waals surface area contributed by atoms with E-state index >= 15 is 0 Å². The first-order valence-electron chi connectivity index (χ1n) is 8.12. The van der Waals surface area contributed by atoms with Crippen LogP contribution >= 0.6 is 11.6 Å². The fraction of sp³-hybridized carbons (Fsp3) is 0.111. The minimum Gasteiger partial charge on any atom is -0.453 e. The maximum atomic E-state index is 11.3. The van der Waals surface area contributed by atoms with Crippen molar-refractivity contribution >= 4 is 41.1 Å². The number of ether oxygens (including phenoxy) is 1. The number of halogens is 1. The molecule has 0 bridgehead atoms. The van der Waals surface area contributed by atoms with Gasteiger partial charge in [-0.2, -0.15) is 5.10 Å². The summed E-state index contributed by atoms with van der Waals surface area (Å²) < 4.78 is 4.54. The number of nitrogens with zero attached hydrogens (tertiary/aromatic N) is 4. The van der Waals surface area contributed by atoms with Crippen LogP contribution in [0.15, 0.2) is 53.9 Å². The van der Waals surface area contributed by atoms with Crippen LogP contribution in [0.1, 0.15) is 17.3 Å². The Kier molecular flexibility index (Phi) is 6.07. The van der Waals surface area contributed by atoms with Crippen LogP contribution in [0.3, 0.4) is 0 Å². The van der Waals surface area contributed by atoms with Gasteiger partial charge in [0.15, 0.2) is 0 Å². The van der Waals surface area contributed by atoms with Gasteiger partial charge in [0.2, 0.25) is 0 Å². The molecule has 1 aromatic carbocycles. The van der Waals surface area contributed by atoms with Crippen LogP contribution in [-0.2, 0) is 4.74 Å². The number of benzene rings is 1. The van der Waals surface area contributed by atoms with E-state index in [2.05, 4.69) is 35.2 Å². The number of H-pyrrole nitrogens is 1. The van der Waals surface area contributed by atoms with Crippen LogP contribution in [0.4, 0.5) is 16.3 Å². The highest BCUT2D eigenvalue weighted by Crippen LogP contribution is 2.23. The number of pyridine rings is 1. The predicted molar refractivity (Wildman–Crippen MR) is 106 cm³/mol. The van der Waals surface area contributed by atoms with Gasteiger partial charge in [0.1, 0.15) is 18.0 Å². The van der Waals surface area contributed by atoms with Crippen molar-refractivity contribution in [1.82, 2.24) is 20.2 Å². The average Bonchev–Trinajstić information content (AvgIpc) is 3.23. The number of carbonyl (C=O) groups is 1. The molecule has 0 saturated heterocycles. The minimum absolute atomic E-state index is 0.216. The third kappa shape index (κ3) is 4.57. The average molecular weight is 398 g/mol. The molecule has 142 valence electrons. The highest BCUT2D eigenvalue weighted by atomic mass is 35.5. The summed E-state index contributed by atoms with van der Waals surface area (Å²) in [7, 11) is 1.26. The van der Waals surface area contributed by atoms with E-state index in [0.717, 1.165) is 0 Å². The van der Waals surface area contributed by atoms with Crippen LogP contribution in [-0.4, -0.2) is 45.3 Å². The van der Waals surface area contributed by atoms with Crippen LogP contribution in [0.25, 0.3) is 0 Å². The summed E-state index contributed by atoms with van der Waals surface area (Å²) in [5.74, 6) is 0.141. The summed E-state index contributed by atoms with van der Waals surface area (Å²) in [6, 6.07) is 10.3. The number of rotatable bonds is 6. The molecule has 3 rings (SSSR count). The molecule has 0 saturated carbocycles. The predicted octanol–water partition coefficient (Wildman–Crippen LogP) is 3.59. The zero-order valence-corrected chi connectivity index (χ0v) is 15.5. The van der Waals surface area contributed by atoms with E-state index in [-0.39, 0.29) is 5.71 Å². The molecule has 3 N–H and O–H groups in total. The zero-order chi connectivity index (χ0) is 19.9. The topological polar surface area (TPSA) is 129 Å². The van der Waals surface area contributed by atoms with Gasteiger partial charge in [-0.3, -0.25) is 15.4 Å². The molecule has 28 heavy (non-hydrogen) atoms. The fourth-order valence-corrected chi connectivity index (χ4v) is 2.62. The highest BCUT2D eigenvalue weighted by molar-refractivity contribution is 6.35. The Bertz CT molecular complexity index is 1000. The summed E-state index contributed by atoms with van der Waals surface area (Å²) in [4.78, 5) is 23.9. The SMILES string of the molecule is COC(=O)Nc1cc(N=CC(C(=N)c2ccccc2Cl)c2ncn[nH]2)ccn1. The second-order valence-corrected chi connectivity index (χ2v) is 5.94. The number of aromatic amines is 1. The normalized spacial score (nSPS) is 11.9. The van der Waals surface area contributed by atoms with Gasteiger partial charge >= 0.3 is 6.09 Å². The monoisotopic (exact) mass is 397 g/mol. The molecule has 2 aromatic heterocycles. The molecule has 1 unspecified atom stereocenters. The zero-order valence-electron chi connectivity index (χ0n) is 14.8. The number of anilines is 1. The lowest BCUT2D eigenvalue weighted by atomic mass is 9.97. The Morgan fingerprint density at radius 1 is 1.36 bits per heavy atom. The van der Waals surface area contributed by atoms with Gasteiger partial charge in [0.05, 0.1) is 24.4 Å². The van der Waals surface area contributed by atoms with Gasteiger partial charge < -0.3 is 10.1 Å². The first-order chi connectivity index (χ1) is 13.6. The number of methoxy groups -OCH3 is 1. The molecule has 1 atom stereocenters. The molecule has 0 fully saturated rings. The Labute approximate surface area is 165 Å². The number of carbonyl (C=O) groups excluding carboxylic acids is 1. The highest BCUT2D eigenvalue weighted by Gasteiger charge is 2.21. The Balaban J connectivity index is 1.89. The van der Waals surface area contributed by atoms with E-state index in [1.54, 1.807) is 42.6 Å². The van der Waals surface area contributed by atoms with Gasteiger partial charge in [-0.1, -0.05) is 29.8 Å². The number of amides is 1. The quantitative estimate of drug-likeness (QED) is 0.547. The van der Waals surface area contributed by atoms with Crippen LogP contribution in [0, 0.1) is 5.41 Å². The van der Waals surface area contributed by atoms with E-state index in [4.69, 9.17) is 17.0 Å². The molecule has 3 aromatic rings. The Hall–Kier alpha value is -3.59. The number of aromatic nitrogens is 4. The van der Waals surface area contributed by atoms with Gasteiger partial charge in [0.25, 0.3) is 0 Å². The first-order valence-corrected chi connectivity index (χ1v) is 8.50. The van der Waals surface area contributed by atoms with Gasteiger partial charge in [-0.05, 0) is 12.1 Å². The summed E-state index contributed by atoms with van der Waals surface area (Å²) >= 11 is 6.23. The molecule has 0 aliphatic carbocycles. The number of hydrogen-bond donors (Lipinski definition) is 3. The van der Waals surface area contributed by atoms with E-state index < -0.39 is 12.0 Å². The third-order valence-electron chi connectivity index (χ3n) is 3.73. The second-order valence-electron chi connectivity index (χ2n) is 5.54. The van der Waals surface area contributed by atoms with Gasteiger partial charge in [-0.15, -0.1) is 0 Å². The van der Waals surface area contributed by atoms with Crippen molar-refractivity contribution in [3.05, 3.63) is 65.3 Å². The maximum absolute atomic E-state index is 11.3. The van der Waals surface area contributed by atoms with Gasteiger partial charge in [0, 0.05) is 29.1 Å². The fourth-order valence-electron chi connectivity index (χ4n) is 2.38. The van der Waals surface area contributed by atoms with Crippen LogP contribution in [0.2, 0.25) is 5.02 Å². The lowest BCUT2D eigenvalue weighted by Crippen LogP contribution is -2.16. The molecule has 9 nitrogen and oxygen atoms in total. The molecule has 10 heteroatoms. The number of hydrogen-bond acceptors (Lipinski definition) is 7. The molecule has 0 aliphatic rings. The van der Waals surface area contributed by atoms with E-state index in [0.29, 0.717) is 27.9 Å². The van der Waals surface area contributed by atoms with Crippen molar-refractivity contribution in [3.8, 4) is 0 Å². The van der Waals surface area contributed by atoms with Crippen molar-refractivity contribution in [2.45, 2.75) is 5.92 Å². The maximum Gasteiger partial charge on any atom is 0.412 e. The second kappa shape index (κ2) is 8.87. The van der Waals surface area contributed by atoms with Crippen LogP contribution in [0.5, 0.6) is 0 Å². The van der Waals surface area contributed by atoms with Crippen molar-refractivity contribution in [2.75, 3.05) is 12.4 Å². The first kappa shape index (κ1) is 19.2. The largest absolute Gasteiger partial charge is 0.453 e. The third-order valence-corrected chi connectivity index (χ3v) is 4.06. The molecule has 1 amide bonds. The summed E-state index contributed by atoms with van der Waals surface area (Å²) in [6.07, 6.45) is 3.79. The number of nitrogens with one attached hydrogen (secondary N) is 3. The summed E-state index contributed by atoms with van der Waals surface area (Å²) in [5, 5.41) is 18.1. The van der Waals surface area contributed by atoms with E-state index in [9.17, 15) is 4.79 Å². The van der Waals surface area contributed by atoms with E-state index in [1.165, 1.54) is 19.6 Å². The van der Waals surface area contributed by atoms with Crippen molar-refractivity contribution in [2.24, 2.45) is 4.99 Å². The lowest BCUT2D eigenvalue weighted by Gasteiger charge is -2.12. The Morgan fingerprint density at radius 3 is 2.89 bits per heavy atom. The lowest BCUT2D eigenvalue weighted by molar-refractivity contribution is 0.187. The standard InChI is InChI=1S/C18H16ClN7O2/c1-28-18(27)25-15-8-11(6-7-21-15)22-9-13(17-23-10-24-26-17)16(20)12-4-2-3-5-14(12)19/h2-10,13,20H,1H3,(H,21,25,27)(H,23,24,26). The van der Waals surface area contributed by atoms with Gasteiger partial charge in [-0.25, -0.2) is 14.8 Å². The van der Waals surface area contributed by atoms with Crippen molar-refractivity contribution in [3.63, 3.8) is 0 Å². The molecule has 0 radical (unpaired) electrons. The molecular weight excluding hydrogens is 382 g/mol. The van der Waals surface area contributed by atoms with Crippen molar-refractivity contribution in [1.29, 1.82) is 5.41 Å². The van der Waals surface area contributed by atoms with Crippen LogP contribution < -0.4 is 5.32 Å². The molecule has 0 spiro atoms. The molecule has 0 aliphatic heterocycles. The van der Waals surface area contributed by atoms with Crippen molar-refractivity contribution < 1.29 is 9.53 Å². The molecular formula is C18H16ClN7O2. The number of aliphatic imine (C=N–C) groups is 1. The minimum atomic E-state index is -0.631. The smallest absolute Gasteiger partial charge is 0.412 e. The Morgan fingerprint density at radius 2 is 2.18 bits per heavy atom. The van der Waals surface area contributed by atoms with E-state index in [1.807, 2.05) is 0 Å². The summed E-state index contributed by atoms with van der Waals surface area (Å²) in [6.45, 7) is 0. The summed E-state index contributed by atoms with van der Waals surface area (Å²) in [5.41, 5.74) is 1.31. The molecule has 2 heterocycles.